The van der Waals surface area contributed by atoms with Gasteiger partial charge in [0, 0.05) is 17.5 Å². The van der Waals surface area contributed by atoms with Crippen LogP contribution in [0.2, 0.25) is 5.02 Å². The van der Waals surface area contributed by atoms with Crippen molar-refractivity contribution >= 4 is 40.6 Å². The summed E-state index contributed by atoms with van der Waals surface area (Å²) in [6.07, 6.45) is 0. The largest absolute Gasteiger partial charge is 0.454 e. The summed E-state index contributed by atoms with van der Waals surface area (Å²) < 4.78 is 27.2. The van der Waals surface area contributed by atoms with Crippen LogP contribution in [-0.4, -0.2) is 32.4 Å². The third kappa shape index (κ3) is 5.33. The number of carbonyl (C=O) groups is 1. The Hall–Kier alpha value is -3.93. The van der Waals surface area contributed by atoms with E-state index >= 15 is 0 Å². The lowest BCUT2D eigenvalue weighted by Gasteiger charge is -2.11. The summed E-state index contributed by atoms with van der Waals surface area (Å²) in [4.78, 5) is 17.2. The summed E-state index contributed by atoms with van der Waals surface area (Å²) in [6, 6.07) is 19.2. The van der Waals surface area contributed by atoms with E-state index in [1.807, 2.05) is 36.4 Å². The second-order valence-electron chi connectivity index (χ2n) is 8.36. The number of nitrogens with zero attached hydrogens (tertiary/aromatic N) is 4. The SMILES string of the molecule is O=C(NCc1ccc2c(c1)OCO2)c1csc(CSc2nnc(-c3ccccc3Cl)n2-c2ccccc2F)n1. The second-order valence-corrected chi connectivity index (χ2v) is 10.7. The number of para-hydroxylation sites is 1. The van der Waals surface area contributed by atoms with Gasteiger partial charge in [0.15, 0.2) is 22.5 Å². The molecule has 0 unspecified atom stereocenters. The fourth-order valence-corrected chi connectivity index (χ4v) is 5.92. The van der Waals surface area contributed by atoms with Crippen molar-refractivity contribution in [3.63, 3.8) is 0 Å². The number of rotatable bonds is 8. The lowest BCUT2D eigenvalue weighted by atomic mass is 10.2. The van der Waals surface area contributed by atoms with Gasteiger partial charge in [-0.3, -0.25) is 9.36 Å². The van der Waals surface area contributed by atoms with Crippen LogP contribution in [0.25, 0.3) is 17.1 Å². The maximum atomic E-state index is 14.9. The Balaban J connectivity index is 1.17. The van der Waals surface area contributed by atoms with Crippen LogP contribution in [0.4, 0.5) is 4.39 Å². The number of nitrogens with one attached hydrogen (secondary N) is 1. The number of carbonyl (C=O) groups excluding carboxylic acids is 1. The van der Waals surface area contributed by atoms with Crippen LogP contribution in [0.15, 0.2) is 77.3 Å². The molecule has 0 atom stereocenters. The third-order valence-corrected chi connectivity index (χ3v) is 8.14. The van der Waals surface area contributed by atoms with E-state index in [-0.39, 0.29) is 12.7 Å². The van der Waals surface area contributed by atoms with Crippen molar-refractivity contribution in [3.05, 3.63) is 99.2 Å². The molecular formula is C27H19ClFN5O3S2. The molecule has 8 nitrogen and oxygen atoms in total. The summed E-state index contributed by atoms with van der Waals surface area (Å²) in [7, 11) is 0. The fraction of sp³-hybridized carbons (Fsp3) is 0.111. The molecule has 1 N–H and O–H groups in total. The van der Waals surface area contributed by atoms with Crippen LogP contribution in [0.5, 0.6) is 11.5 Å². The molecule has 0 saturated carbocycles. The topological polar surface area (TPSA) is 91.2 Å². The number of hydrogen-bond acceptors (Lipinski definition) is 8. The minimum absolute atomic E-state index is 0.197. The molecule has 0 fully saturated rings. The minimum Gasteiger partial charge on any atom is -0.454 e. The number of halogens is 2. The first kappa shape index (κ1) is 25.4. The van der Waals surface area contributed by atoms with E-state index < -0.39 is 5.82 Å². The van der Waals surface area contributed by atoms with Crippen LogP contribution in [-0.2, 0) is 12.3 Å². The van der Waals surface area contributed by atoms with E-state index in [0.717, 1.165) is 10.6 Å². The van der Waals surface area contributed by atoms with Crippen molar-refractivity contribution < 1.29 is 18.7 Å². The Kier molecular flexibility index (Phi) is 7.18. The molecule has 0 bridgehead atoms. The highest BCUT2D eigenvalue weighted by molar-refractivity contribution is 7.98. The zero-order valence-electron chi connectivity index (χ0n) is 20.1. The van der Waals surface area contributed by atoms with Gasteiger partial charge in [0.25, 0.3) is 5.91 Å². The molecule has 12 heteroatoms. The molecule has 3 heterocycles. The van der Waals surface area contributed by atoms with E-state index in [1.54, 1.807) is 34.2 Å². The van der Waals surface area contributed by atoms with Crippen molar-refractivity contribution in [2.24, 2.45) is 0 Å². The quantitative estimate of drug-likeness (QED) is 0.221. The van der Waals surface area contributed by atoms with Crippen molar-refractivity contribution in [1.29, 1.82) is 0 Å². The van der Waals surface area contributed by atoms with Crippen molar-refractivity contribution in [2.75, 3.05) is 6.79 Å². The molecule has 1 aliphatic heterocycles. The average molecular weight is 580 g/mol. The van der Waals surface area contributed by atoms with Gasteiger partial charge >= 0.3 is 0 Å². The number of thiazole rings is 1. The first-order valence-corrected chi connectivity index (χ1v) is 14.0. The summed E-state index contributed by atoms with van der Waals surface area (Å²) in [5.41, 5.74) is 2.16. The predicted octanol–water partition coefficient (Wildman–Crippen LogP) is 6.13. The van der Waals surface area contributed by atoms with Gasteiger partial charge in [0.05, 0.1) is 16.5 Å². The van der Waals surface area contributed by atoms with Gasteiger partial charge in [-0.2, -0.15) is 0 Å². The standard InChI is InChI=1S/C27H19ClFN5O3S2/c28-18-6-2-1-5-17(18)25-32-33-27(34(25)21-8-4-3-7-19(21)29)39-14-24-31-20(13-38-24)26(35)30-12-16-9-10-22-23(11-16)37-15-36-22/h1-11,13H,12,14-15H2,(H,30,35). The molecule has 196 valence electrons. The molecule has 0 radical (unpaired) electrons. The number of fused-ring (bicyclic) bond motifs is 1. The van der Waals surface area contributed by atoms with Crippen molar-refractivity contribution in [1.82, 2.24) is 25.1 Å². The van der Waals surface area contributed by atoms with Crippen molar-refractivity contribution in [3.8, 4) is 28.6 Å². The Morgan fingerprint density at radius 2 is 1.90 bits per heavy atom. The molecule has 1 amide bonds. The zero-order chi connectivity index (χ0) is 26.8. The molecule has 3 aromatic carbocycles. The Labute approximate surface area is 235 Å². The first-order valence-electron chi connectivity index (χ1n) is 11.8. The van der Waals surface area contributed by atoms with Crippen LogP contribution in [0, 0.1) is 5.82 Å². The zero-order valence-corrected chi connectivity index (χ0v) is 22.5. The van der Waals surface area contributed by atoms with Crippen molar-refractivity contribution in [2.45, 2.75) is 17.5 Å². The van der Waals surface area contributed by atoms with Crippen LogP contribution in [0.3, 0.4) is 0 Å². The monoisotopic (exact) mass is 579 g/mol. The molecule has 0 spiro atoms. The highest BCUT2D eigenvalue weighted by Gasteiger charge is 2.21. The molecule has 2 aromatic heterocycles. The van der Waals surface area contributed by atoms with E-state index in [1.165, 1.54) is 29.2 Å². The predicted molar refractivity (Wildman–Crippen MR) is 147 cm³/mol. The maximum Gasteiger partial charge on any atom is 0.271 e. The number of benzene rings is 3. The first-order chi connectivity index (χ1) is 19.1. The number of aromatic nitrogens is 4. The van der Waals surface area contributed by atoms with Crippen LogP contribution in [0.1, 0.15) is 21.1 Å². The van der Waals surface area contributed by atoms with Gasteiger partial charge in [-0.15, -0.1) is 21.5 Å². The Morgan fingerprint density at radius 3 is 2.77 bits per heavy atom. The molecule has 39 heavy (non-hydrogen) atoms. The summed E-state index contributed by atoms with van der Waals surface area (Å²) in [6.45, 7) is 0.524. The summed E-state index contributed by atoms with van der Waals surface area (Å²) in [5, 5.41) is 14.9. The molecule has 6 rings (SSSR count). The van der Waals surface area contributed by atoms with Gasteiger partial charge in [-0.1, -0.05) is 53.7 Å². The highest BCUT2D eigenvalue weighted by Crippen LogP contribution is 2.34. The molecule has 5 aromatic rings. The van der Waals surface area contributed by atoms with Gasteiger partial charge in [-0.25, -0.2) is 9.37 Å². The molecular weight excluding hydrogens is 561 g/mol. The van der Waals surface area contributed by atoms with E-state index in [2.05, 4.69) is 20.5 Å². The highest BCUT2D eigenvalue weighted by atomic mass is 35.5. The minimum atomic E-state index is -0.414. The van der Waals surface area contributed by atoms with Crippen LogP contribution < -0.4 is 14.8 Å². The average Bonchev–Trinajstić information content (AvgIpc) is 3.71. The lowest BCUT2D eigenvalue weighted by Crippen LogP contribution is -2.23. The van der Waals surface area contributed by atoms with Crippen LogP contribution >= 0.6 is 34.7 Å². The Morgan fingerprint density at radius 1 is 1.08 bits per heavy atom. The van der Waals surface area contributed by atoms with Gasteiger partial charge in [-0.05, 0) is 42.0 Å². The fourth-order valence-electron chi connectivity index (χ4n) is 3.96. The second kappa shape index (κ2) is 11.0. The number of ether oxygens (including phenoxy) is 2. The lowest BCUT2D eigenvalue weighted by molar-refractivity contribution is 0.0946. The van der Waals surface area contributed by atoms with Gasteiger partial charge in [0.2, 0.25) is 6.79 Å². The number of amides is 1. The molecule has 0 aliphatic carbocycles. The number of hydrogen-bond donors (Lipinski definition) is 1. The number of thioether (sulfide) groups is 1. The Bertz CT molecular complexity index is 1670. The van der Waals surface area contributed by atoms with Gasteiger partial charge in [0.1, 0.15) is 16.5 Å². The molecule has 1 aliphatic rings. The van der Waals surface area contributed by atoms with Gasteiger partial charge < -0.3 is 14.8 Å². The summed E-state index contributed by atoms with van der Waals surface area (Å²) >= 11 is 9.13. The molecule has 0 saturated heterocycles. The smallest absolute Gasteiger partial charge is 0.271 e. The normalized spacial score (nSPS) is 12.1. The van der Waals surface area contributed by atoms with E-state index in [9.17, 15) is 9.18 Å². The maximum absolute atomic E-state index is 14.9. The summed E-state index contributed by atoms with van der Waals surface area (Å²) in [5.74, 6) is 1.50. The third-order valence-electron chi connectivity index (χ3n) is 5.84. The van der Waals surface area contributed by atoms with E-state index in [4.69, 9.17) is 21.1 Å². The van der Waals surface area contributed by atoms with E-state index in [0.29, 0.717) is 56.7 Å².